The zero-order valence-corrected chi connectivity index (χ0v) is 8.01. The smallest absolute Gasteiger partial charge is 0.239 e. The molecule has 70 valence electrons. The molecule has 1 aliphatic carbocycles. The fourth-order valence-corrected chi connectivity index (χ4v) is 1.95. The molecular weight excluding hydrogens is 184 g/mol. The van der Waals surface area contributed by atoms with E-state index in [4.69, 9.17) is 5.73 Å². The van der Waals surface area contributed by atoms with Crippen molar-refractivity contribution in [3.63, 3.8) is 0 Å². The van der Waals surface area contributed by atoms with E-state index >= 15 is 0 Å². The maximum atomic E-state index is 11.1. The number of hydrogen-bond acceptors (Lipinski definition) is 3. The molecule has 1 aromatic heterocycles. The predicted molar refractivity (Wildman–Crippen MR) is 52.4 cm³/mol. The van der Waals surface area contributed by atoms with Crippen LogP contribution in [-0.2, 0) is 4.79 Å². The van der Waals surface area contributed by atoms with Crippen LogP contribution in [0.3, 0.4) is 0 Å². The van der Waals surface area contributed by atoms with Gasteiger partial charge in [-0.15, -0.1) is 0 Å². The number of rotatable bonds is 4. The third-order valence-corrected chi connectivity index (χ3v) is 2.84. The Bertz CT molecular complexity index is 293. The van der Waals surface area contributed by atoms with Crippen molar-refractivity contribution < 1.29 is 4.79 Å². The van der Waals surface area contributed by atoms with Crippen molar-refractivity contribution in [3.05, 3.63) is 22.4 Å². The van der Waals surface area contributed by atoms with E-state index in [0.29, 0.717) is 6.04 Å². The molecule has 2 rings (SSSR count). The van der Waals surface area contributed by atoms with Crippen molar-refractivity contribution in [1.82, 2.24) is 5.32 Å². The standard InChI is InChI=1S/C9H12N2OS/c10-9(12)8(11-7-1-2-7)6-3-4-13-5-6/h3-5,7-8,11H,1-2H2,(H2,10,12). The first-order chi connectivity index (χ1) is 6.27. The van der Waals surface area contributed by atoms with Crippen LogP contribution in [0.25, 0.3) is 0 Å². The fraction of sp³-hybridized carbons (Fsp3) is 0.444. The topological polar surface area (TPSA) is 55.1 Å². The Hall–Kier alpha value is -0.870. The Morgan fingerprint density at radius 1 is 1.69 bits per heavy atom. The zero-order valence-electron chi connectivity index (χ0n) is 7.19. The minimum atomic E-state index is -0.293. The van der Waals surface area contributed by atoms with Gasteiger partial charge in [-0.3, -0.25) is 10.1 Å². The Kier molecular flexibility index (Phi) is 2.33. The van der Waals surface area contributed by atoms with E-state index < -0.39 is 0 Å². The normalized spacial score (nSPS) is 18.5. The highest BCUT2D eigenvalue weighted by atomic mass is 32.1. The zero-order chi connectivity index (χ0) is 9.26. The van der Waals surface area contributed by atoms with E-state index in [2.05, 4.69) is 5.32 Å². The van der Waals surface area contributed by atoms with E-state index in [9.17, 15) is 4.79 Å². The molecule has 1 aliphatic rings. The monoisotopic (exact) mass is 196 g/mol. The van der Waals surface area contributed by atoms with Gasteiger partial charge in [-0.1, -0.05) is 0 Å². The summed E-state index contributed by atoms with van der Waals surface area (Å²) >= 11 is 1.59. The molecule has 1 fully saturated rings. The number of carbonyl (C=O) groups excluding carboxylic acids is 1. The number of hydrogen-bond donors (Lipinski definition) is 2. The first kappa shape index (κ1) is 8.72. The van der Waals surface area contributed by atoms with Crippen LogP contribution < -0.4 is 11.1 Å². The van der Waals surface area contributed by atoms with E-state index in [1.807, 2.05) is 16.8 Å². The summed E-state index contributed by atoms with van der Waals surface area (Å²) in [4.78, 5) is 11.1. The van der Waals surface area contributed by atoms with Crippen molar-refractivity contribution >= 4 is 17.2 Å². The second-order valence-electron chi connectivity index (χ2n) is 3.33. The summed E-state index contributed by atoms with van der Waals surface area (Å²) in [6, 6.07) is 2.14. The third kappa shape index (κ3) is 2.08. The second kappa shape index (κ2) is 3.47. The molecule has 1 amide bonds. The summed E-state index contributed by atoms with van der Waals surface area (Å²) in [5.41, 5.74) is 6.30. The van der Waals surface area contributed by atoms with Gasteiger partial charge in [-0.05, 0) is 35.2 Å². The first-order valence-corrected chi connectivity index (χ1v) is 5.29. The van der Waals surface area contributed by atoms with Crippen LogP contribution >= 0.6 is 11.3 Å². The number of nitrogens with two attached hydrogens (primary N) is 1. The first-order valence-electron chi connectivity index (χ1n) is 4.35. The second-order valence-corrected chi connectivity index (χ2v) is 4.11. The number of carbonyl (C=O) groups is 1. The van der Waals surface area contributed by atoms with E-state index in [1.165, 1.54) is 0 Å². The van der Waals surface area contributed by atoms with Crippen LogP contribution in [0.4, 0.5) is 0 Å². The lowest BCUT2D eigenvalue weighted by Crippen LogP contribution is -2.34. The van der Waals surface area contributed by atoms with Gasteiger partial charge in [0.25, 0.3) is 0 Å². The van der Waals surface area contributed by atoms with Crippen molar-refractivity contribution in [1.29, 1.82) is 0 Å². The molecule has 1 saturated carbocycles. The van der Waals surface area contributed by atoms with Crippen LogP contribution in [0.1, 0.15) is 24.4 Å². The minimum Gasteiger partial charge on any atom is -0.368 e. The van der Waals surface area contributed by atoms with Crippen LogP contribution in [-0.4, -0.2) is 11.9 Å². The molecule has 0 saturated heterocycles. The predicted octanol–water partition coefficient (Wildman–Crippen LogP) is 1.03. The number of amides is 1. The quantitative estimate of drug-likeness (QED) is 0.755. The van der Waals surface area contributed by atoms with Gasteiger partial charge >= 0.3 is 0 Å². The van der Waals surface area contributed by atoms with Crippen LogP contribution in [0.15, 0.2) is 16.8 Å². The molecule has 3 nitrogen and oxygen atoms in total. The lowest BCUT2D eigenvalue weighted by Gasteiger charge is -2.12. The molecule has 1 unspecified atom stereocenters. The van der Waals surface area contributed by atoms with Crippen molar-refractivity contribution in [2.75, 3.05) is 0 Å². The molecule has 1 atom stereocenters. The Balaban J connectivity index is 2.08. The molecular formula is C9H12N2OS. The van der Waals surface area contributed by atoms with Gasteiger partial charge in [-0.25, -0.2) is 0 Å². The van der Waals surface area contributed by atoms with Gasteiger partial charge < -0.3 is 5.73 Å². The molecule has 13 heavy (non-hydrogen) atoms. The van der Waals surface area contributed by atoms with Gasteiger partial charge in [0.1, 0.15) is 6.04 Å². The lowest BCUT2D eigenvalue weighted by atomic mass is 10.1. The van der Waals surface area contributed by atoms with Crippen LogP contribution in [0.2, 0.25) is 0 Å². The molecule has 4 heteroatoms. The maximum Gasteiger partial charge on any atom is 0.239 e. The van der Waals surface area contributed by atoms with Crippen molar-refractivity contribution in [2.24, 2.45) is 5.73 Å². The molecule has 0 spiro atoms. The Labute approximate surface area is 80.9 Å². The Morgan fingerprint density at radius 2 is 2.46 bits per heavy atom. The van der Waals surface area contributed by atoms with E-state index in [0.717, 1.165) is 18.4 Å². The van der Waals surface area contributed by atoms with Gasteiger partial charge in [0.05, 0.1) is 0 Å². The summed E-state index contributed by atoms with van der Waals surface area (Å²) in [6.07, 6.45) is 2.32. The minimum absolute atomic E-state index is 0.287. The molecule has 3 N–H and O–H groups in total. The summed E-state index contributed by atoms with van der Waals surface area (Å²) in [7, 11) is 0. The molecule has 0 aromatic carbocycles. The summed E-state index contributed by atoms with van der Waals surface area (Å²) in [5, 5.41) is 7.15. The largest absolute Gasteiger partial charge is 0.368 e. The number of thiophene rings is 1. The van der Waals surface area contributed by atoms with Gasteiger partial charge in [0.15, 0.2) is 0 Å². The molecule has 0 bridgehead atoms. The van der Waals surface area contributed by atoms with Crippen LogP contribution in [0.5, 0.6) is 0 Å². The van der Waals surface area contributed by atoms with Crippen LogP contribution in [0, 0.1) is 0 Å². The fourth-order valence-electron chi connectivity index (χ4n) is 1.27. The van der Waals surface area contributed by atoms with Gasteiger partial charge in [0, 0.05) is 6.04 Å². The highest BCUT2D eigenvalue weighted by Gasteiger charge is 2.28. The highest BCUT2D eigenvalue weighted by molar-refractivity contribution is 7.08. The summed E-state index contributed by atoms with van der Waals surface area (Å²) in [6.45, 7) is 0. The van der Waals surface area contributed by atoms with Gasteiger partial charge in [0.2, 0.25) is 5.91 Å². The van der Waals surface area contributed by atoms with E-state index in [-0.39, 0.29) is 11.9 Å². The molecule has 1 aromatic rings. The SMILES string of the molecule is NC(=O)C(NC1CC1)c1ccsc1. The molecule has 0 radical (unpaired) electrons. The Morgan fingerprint density at radius 3 is 2.92 bits per heavy atom. The average Bonchev–Trinajstić information content (AvgIpc) is 2.75. The summed E-state index contributed by atoms with van der Waals surface area (Å²) in [5.74, 6) is -0.287. The molecule has 1 heterocycles. The van der Waals surface area contributed by atoms with Crippen molar-refractivity contribution in [2.45, 2.75) is 24.9 Å². The maximum absolute atomic E-state index is 11.1. The number of primary amides is 1. The van der Waals surface area contributed by atoms with Crippen molar-refractivity contribution in [3.8, 4) is 0 Å². The highest BCUT2D eigenvalue weighted by Crippen LogP contribution is 2.24. The summed E-state index contributed by atoms with van der Waals surface area (Å²) < 4.78 is 0. The van der Waals surface area contributed by atoms with E-state index in [1.54, 1.807) is 11.3 Å². The molecule has 0 aliphatic heterocycles. The third-order valence-electron chi connectivity index (χ3n) is 2.14. The van der Waals surface area contributed by atoms with Gasteiger partial charge in [-0.2, -0.15) is 11.3 Å². The lowest BCUT2D eigenvalue weighted by molar-refractivity contribution is -0.120. The average molecular weight is 196 g/mol. The number of nitrogens with one attached hydrogen (secondary N) is 1.